The highest BCUT2D eigenvalue weighted by Crippen LogP contribution is 2.44. The monoisotopic (exact) mass is 415 g/mol. The predicted octanol–water partition coefficient (Wildman–Crippen LogP) is 5.03. The van der Waals surface area contributed by atoms with E-state index in [0.717, 1.165) is 40.5 Å². The molecule has 1 aliphatic heterocycles. The minimum absolute atomic E-state index is 0.202. The lowest BCUT2D eigenvalue weighted by molar-refractivity contribution is 0.434. The molecule has 1 heterocycles. The predicted molar refractivity (Wildman–Crippen MR) is 112 cm³/mol. The fourth-order valence-corrected chi connectivity index (χ4v) is 7.82. The van der Waals surface area contributed by atoms with Crippen LogP contribution < -0.4 is 0 Å². The number of benzene rings is 3. The first-order valence-electron chi connectivity index (χ1n) is 8.98. The molecule has 1 fully saturated rings. The Balaban J connectivity index is 1.61. The van der Waals surface area contributed by atoms with E-state index < -0.39 is 10.0 Å². The molecule has 1 saturated heterocycles. The molecule has 27 heavy (non-hydrogen) atoms. The van der Waals surface area contributed by atoms with Gasteiger partial charge in [0.05, 0.1) is 10.3 Å². The van der Waals surface area contributed by atoms with Gasteiger partial charge in [-0.05, 0) is 58.5 Å². The molecule has 3 aromatic carbocycles. The lowest BCUT2D eigenvalue weighted by atomic mass is 10.1. The van der Waals surface area contributed by atoms with Crippen molar-refractivity contribution in [3.63, 3.8) is 0 Å². The molecule has 6 heteroatoms. The van der Waals surface area contributed by atoms with Gasteiger partial charge in [0.2, 0.25) is 10.0 Å². The first-order valence-corrected chi connectivity index (χ1v) is 11.8. The van der Waals surface area contributed by atoms with E-state index in [1.165, 1.54) is 5.56 Å². The standard InChI is InChI=1S/C21H18ClNO2S2/c22-17-8-4-16(5-9-17)21-23(12-13-26-21)27(24,25)19-11-7-15-3-1-2-14-6-10-18(19)20(14)15/h1-5,7-9,11,21H,6,10,12-13H2. The number of hydrogen-bond acceptors (Lipinski definition) is 3. The molecule has 3 aromatic rings. The molecule has 1 aliphatic carbocycles. The van der Waals surface area contributed by atoms with Crippen LogP contribution in [-0.2, 0) is 22.9 Å². The van der Waals surface area contributed by atoms with E-state index in [4.69, 9.17) is 11.6 Å². The normalized spacial score (nSPS) is 19.8. The largest absolute Gasteiger partial charge is 0.244 e. The third-order valence-electron chi connectivity index (χ3n) is 5.43. The molecular weight excluding hydrogens is 398 g/mol. The molecule has 0 saturated carbocycles. The second kappa shape index (κ2) is 6.52. The SMILES string of the molecule is O=S(=O)(c1ccc2cccc3c2c1CC3)N1CCSC1c1ccc(Cl)cc1. The van der Waals surface area contributed by atoms with E-state index in [0.29, 0.717) is 16.5 Å². The highest BCUT2D eigenvalue weighted by atomic mass is 35.5. The molecule has 5 rings (SSSR count). The average molecular weight is 416 g/mol. The summed E-state index contributed by atoms with van der Waals surface area (Å²) in [6.45, 7) is 0.527. The summed E-state index contributed by atoms with van der Waals surface area (Å²) < 4.78 is 28.9. The van der Waals surface area contributed by atoms with Crippen LogP contribution in [0.25, 0.3) is 10.8 Å². The lowest BCUT2D eigenvalue weighted by Crippen LogP contribution is -2.31. The van der Waals surface area contributed by atoms with Crippen LogP contribution in [0.4, 0.5) is 0 Å². The molecule has 138 valence electrons. The number of aryl methyl sites for hydroxylation is 2. The second-order valence-electron chi connectivity index (χ2n) is 6.95. The molecule has 0 spiro atoms. The molecule has 0 radical (unpaired) electrons. The molecule has 0 N–H and O–H groups in total. The minimum atomic E-state index is -3.57. The summed E-state index contributed by atoms with van der Waals surface area (Å²) >= 11 is 7.67. The van der Waals surface area contributed by atoms with Crippen molar-refractivity contribution in [3.8, 4) is 0 Å². The van der Waals surface area contributed by atoms with E-state index in [1.54, 1.807) is 22.1 Å². The number of hydrogen-bond donors (Lipinski definition) is 0. The summed E-state index contributed by atoms with van der Waals surface area (Å²) in [6, 6.07) is 17.4. The van der Waals surface area contributed by atoms with Gasteiger partial charge in [-0.25, -0.2) is 8.42 Å². The Bertz CT molecular complexity index is 1140. The van der Waals surface area contributed by atoms with Crippen LogP contribution in [0.2, 0.25) is 5.02 Å². The number of thioether (sulfide) groups is 1. The Morgan fingerprint density at radius 3 is 2.63 bits per heavy atom. The maximum absolute atomic E-state index is 13.6. The van der Waals surface area contributed by atoms with Gasteiger partial charge >= 0.3 is 0 Å². The van der Waals surface area contributed by atoms with Crippen LogP contribution in [0.3, 0.4) is 0 Å². The van der Waals surface area contributed by atoms with Crippen molar-refractivity contribution in [1.29, 1.82) is 0 Å². The Kier molecular flexibility index (Phi) is 4.24. The highest BCUT2D eigenvalue weighted by Gasteiger charge is 2.38. The van der Waals surface area contributed by atoms with Gasteiger partial charge in [-0.3, -0.25) is 0 Å². The third kappa shape index (κ3) is 2.80. The van der Waals surface area contributed by atoms with Crippen LogP contribution >= 0.6 is 23.4 Å². The van der Waals surface area contributed by atoms with Crippen LogP contribution in [0.15, 0.2) is 59.5 Å². The average Bonchev–Trinajstić information content (AvgIpc) is 3.32. The number of nitrogens with zero attached hydrogens (tertiary/aromatic N) is 1. The molecule has 0 aromatic heterocycles. The number of sulfonamides is 1. The van der Waals surface area contributed by atoms with Crippen LogP contribution in [-0.4, -0.2) is 25.0 Å². The quantitative estimate of drug-likeness (QED) is 0.602. The molecular formula is C21H18ClNO2S2. The summed E-state index contributed by atoms with van der Waals surface area (Å²) in [7, 11) is -3.57. The van der Waals surface area contributed by atoms with Gasteiger partial charge in [-0.2, -0.15) is 4.31 Å². The fourth-order valence-electron chi connectivity index (χ4n) is 4.19. The van der Waals surface area contributed by atoms with E-state index in [1.807, 2.05) is 30.3 Å². The molecule has 2 aliphatic rings. The number of rotatable bonds is 3. The van der Waals surface area contributed by atoms with Crippen molar-refractivity contribution < 1.29 is 8.42 Å². The summed E-state index contributed by atoms with van der Waals surface area (Å²) in [5.74, 6) is 0.792. The van der Waals surface area contributed by atoms with Crippen LogP contribution in [0.1, 0.15) is 22.1 Å². The van der Waals surface area contributed by atoms with E-state index in [-0.39, 0.29) is 5.37 Å². The zero-order valence-corrected chi connectivity index (χ0v) is 16.9. The summed E-state index contributed by atoms with van der Waals surface area (Å²) in [5, 5.41) is 2.72. The maximum atomic E-state index is 13.6. The topological polar surface area (TPSA) is 37.4 Å². The van der Waals surface area contributed by atoms with Crippen molar-refractivity contribution in [3.05, 3.63) is 76.3 Å². The van der Waals surface area contributed by atoms with Gasteiger partial charge in [0.15, 0.2) is 0 Å². The third-order valence-corrected chi connectivity index (χ3v) is 9.03. The van der Waals surface area contributed by atoms with Crippen molar-refractivity contribution in [2.24, 2.45) is 0 Å². The summed E-state index contributed by atoms with van der Waals surface area (Å²) in [6.07, 6.45) is 1.70. The van der Waals surface area contributed by atoms with Crippen molar-refractivity contribution >= 4 is 44.2 Å². The zero-order valence-electron chi connectivity index (χ0n) is 14.6. The van der Waals surface area contributed by atoms with Gasteiger partial charge in [0, 0.05) is 17.3 Å². The Labute approximate surface area is 168 Å². The smallest absolute Gasteiger partial charge is 0.207 e. The first-order chi connectivity index (χ1) is 13.1. The van der Waals surface area contributed by atoms with Gasteiger partial charge in [-0.1, -0.05) is 48.0 Å². The highest BCUT2D eigenvalue weighted by molar-refractivity contribution is 8.01. The molecule has 3 nitrogen and oxygen atoms in total. The Morgan fingerprint density at radius 2 is 1.81 bits per heavy atom. The van der Waals surface area contributed by atoms with Crippen molar-refractivity contribution in [2.75, 3.05) is 12.3 Å². The fraction of sp³-hybridized carbons (Fsp3) is 0.238. The molecule has 0 amide bonds. The van der Waals surface area contributed by atoms with Gasteiger partial charge in [0.1, 0.15) is 0 Å². The van der Waals surface area contributed by atoms with Gasteiger partial charge in [0.25, 0.3) is 0 Å². The summed E-state index contributed by atoms with van der Waals surface area (Å²) in [4.78, 5) is 0.474. The van der Waals surface area contributed by atoms with Crippen molar-refractivity contribution in [2.45, 2.75) is 23.1 Å². The Hall–Kier alpha value is -1.53. The van der Waals surface area contributed by atoms with E-state index >= 15 is 0 Å². The zero-order chi connectivity index (χ0) is 18.6. The molecule has 0 bridgehead atoms. The van der Waals surface area contributed by atoms with Gasteiger partial charge < -0.3 is 0 Å². The second-order valence-corrected chi connectivity index (χ2v) is 10.4. The van der Waals surface area contributed by atoms with Crippen LogP contribution in [0.5, 0.6) is 0 Å². The minimum Gasteiger partial charge on any atom is -0.207 e. The Morgan fingerprint density at radius 1 is 1.00 bits per heavy atom. The van der Waals surface area contributed by atoms with Crippen molar-refractivity contribution in [1.82, 2.24) is 4.31 Å². The first kappa shape index (κ1) is 17.6. The molecule has 1 unspecified atom stereocenters. The molecule has 1 atom stereocenters. The van der Waals surface area contributed by atoms with E-state index in [2.05, 4.69) is 18.2 Å². The van der Waals surface area contributed by atoms with Gasteiger partial charge in [-0.15, -0.1) is 11.8 Å². The summed E-state index contributed by atoms with van der Waals surface area (Å²) in [5.41, 5.74) is 3.21. The van der Waals surface area contributed by atoms with E-state index in [9.17, 15) is 8.42 Å². The lowest BCUT2D eigenvalue weighted by Gasteiger charge is -2.24. The maximum Gasteiger partial charge on any atom is 0.244 e. The number of halogens is 1. The van der Waals surface area contributed by atoms with Crippen LogP contribution in [0, 0.1) is 0 Å².